The lowest BCUT2D eigenvalue weighted by Crippen LogP contribution is -2.44. The van der Waals surface area contributed by atoms with Gasteiger partial charge < -0.3 is 20.9 Å². The third kappa shape index (κ3) is 5.47. The highest BCUT2D eigenvalue weighted by Gasteiger charge is 2.24. The summed E-state index contributed by atoms with van der Waals surface area (Å²) in [7, 11) is 0. The highest BCUT2D eigenvalue weighted by molar-refractivity contribution is 6.32. The lowest BCUT2D eigenvalue weighted by molar-refractivity contribution is 0.100. The Hall–Kier alpha value is -4.38. The summed E-state index contributed by atoms with van der Waals surface area (Å²) in [6.45, 7) is 2.24. The van der Waals surface area contributed by atoms with E-state index in [9.17, 15) is 18.8 Å². The van der Waals surface area contributed by atoms with Gasteiger partial charge in [0.05, 0.1) is 17.4 Å². The summed E-state index contributed by atoms with van der Waals surface area (Å²) in [6.07, 6.45) is 4.26. The fourth-order valence-electron chi connectivity index (χ4n) is 4.25. The molecule has 10 nitrogen and oxygen atoms in total. The van der Waals surface area contributed by atoms with Crippen molar-refractivity contribution < 1.29 is 18.8 Å². The number of amides is 3. The molecule has 2 aliphatic heterocycles. The summed E-state index contributed by atoms with van der Waals surface area (Å²) in [4.78, 5) is 49.8. The van der Waals surface area contributed by atoms with Crippen LogP contribution in [0.25, 0.3) is 0 Å². The normalized spacial score (nSPS) is 14.8. The number of hydrogen-bond acceptors (Lipinski definition) is 7. The molecular weight excluding hydrogens is 513 g/mol. The highest BCUT2D eigenvalue weighted by atomic mass is 35.5. The lowest BCUT2D eigenvalue weighted by Gasteiger charge is -2.32. The third-order valence-electron chi connectivity index (χ3n) is 6.34. The second kappa shape index (κ2) is 10.5. The summed E-state index contributed by atoms with van der Waals surface area (Å²) in [6, 6.07) is 8.81. The molecule has 0 atom stereocenters. The standard InChI is InChI=1S/C26H23ClFN7O3/c1-14(36)15-2-5-22(21(28)11-15)33-26(38)35-8-6-17(7-9-35)31-23-20(27)13-30-25(34-23)32-18-3-4-19-16(10-18)12-29-24(19)37/h2-5,10-13,17H,6-9H2,1H3,(H,33,38)(H2,30,31,32,34). The average Bonchev–Trinajstić information content (AvgIpc) is 3.27. The number of aliphatic imine (C=N–C) groups is 1. The van der Waals surface area contributed by atoms with Crippen molar-refractivity contribution >= 4 is 58.7 Å². The van der Waals surface area contributed by atoms with Gasteiger partial charge in [0, 0.05) is 42.2 Å². The molecule has 0 unspecified atom stereocenters. The van der Waals surface area contributed by atoms with Crippen LogP contribution in [-0.2, 0) is 0 Å². The van der Waals surface area contributed by atoms with E-state index in [1.165, 1.54) is 31.5 Å². The van der Waals surface area contributed by atoms with Crippen molar-refractivity contribution in [3.8, 4) is 0 Å². The number of ketones is 1. The van der Waals surface area contributed by atoms with Gasteiger partial charge in [-0.25, -0.2) is 19.2 Å². The maximum Gasteiger partial charge on any atom is 0.321 e. The maximum atomic E-state index is 14.3. The van der Waals surface area contributed by atoms with Gasteiger partial charge in [-0.2, -0.15) is 4.98 Å². The smallest absolute Gasteiger partial charge is 0.321 e. The molecule has 0 bridgehead atoms. The van der Waals surface area contributed by atoms with Crippen molar-refractivity contribution in [2.24, 2.45) is 4.99 Å². The number of benzene rings is 2. The van der Waals surface area contributed by atoms with Crippen LogP contribution < -0.4 is 16.0 Å². The zero-order chi connectivity index (χ0) is 26.8. The number of anilines is 4. The predicted molar refractivity (Wildman–Crippen MR) is 142 cm³/mol. The van der Waals surface area contributed by atoms with Crippen LogP contribution in [0.5, 0.6) is 0 Å². The van der Waals surface area contributed by atoms with Gasteiger partial charge in [-0.3, -0.25) is 9.59 Å². The molecule has 1 aromatic heterocycles. The first-order chi connectivity index (χ1) is 18.3. The van der Waals surface area contributed by atoms with E-state index < -0.39 is 11.8 Å². The average molecular weight is 536 g/mol. The second-order valence-corrected chi connectivity index (χ2v) is 9.37. The van der Waals surface area contributed by atoms with Crippen LogP contribution in [0, 0.1) is 5.82 Å². The molecule has 194 valence electrons. The van der Waals surface area contributed by atoms with Crippen LogP contribution >= 0.6 is 11.6 Å². The Morgan fingerprint density at radius 2 is 1.92 bits per heavy atom. The third-order valence-corrected chi connectivity index (χ3v) is 6.62. The molecular formula is C26H23ClFN7O3. The molecule has 0 radical (unpaired) electrons. The van der Waals surface area contributed by atoms with Crippen molar-refractivity contribution in [1.29, 1.82) is 0 Å². The van der Waals surface area contributed by atoms with Gasteiger partial charge in [0.2, 0.25) is 5.95 Å². The summed E-state index contributed by atoms with van der Waals surface area (Å²) in [5, 5.41) is 9.35. The number of halogens is 2. The van der Waals surface area contributed by atoms with Crippen LogP contribution in [0.15, 0.2) is 47.6 Å². The molecule has 0 spiro atoms. The fourth-order valence-corrected chi connectivity index (χ4v) is 4.39. The molecule has 1 saturated heterocycles. The van der Waals surface area contributed by atoms with E-state index in [1.807, 2.05) is 0 Å². The number of carbonyl (C=O) groups excluding carboxylic acids is 3. The minimum Gasteiger partial charge on any atom is -0.366 e. The quantitative estimate of drug-likeness (QED) is 0.383. The Balaban J connectivity index is 1.17. The predicted octanol–water partition coefficient (Wildman–Crippen LogP) is 4.90. The Labute approximate surface area is 222 Å². The molecule has 3 amide bonds. The number of Topliss-reactive ketones (excluding diaryl/α,β-unsaturated/α-hetero) is 1. The van der Waals surface area contributed by atoms with Gasteiger partial charge in [0.15, 0.2) is 11.6 Å². The Bertz CT molecular complexity index is 1470. The molecule has 38 heavy (non-hydrogen) atoms. The van der Waals surface area contributed by atoms with Gasteiger partial charge >= 0.3 is 6.03 Å². The molecule has 5 rings (SSSR count). The van der Waals surface area contributed by atoms with Gasteiger partial charge in [-0.05, 0) is 56.2 Å². The molecule has 3 heterocycles. The first-order valence-corrected chi connectivity index (χ1v) is 12.3. The number of hydrogen-bond donors (Lipinski definition) is 3. The molecule has 1 fully saturated rings. The van der Waals surface area contributed by atoms with E-state index in [0.717, 1.165) is 11.6 Å². The van der Waals surface area contributed by atoms with Gasteiger partial charge in [-0.1, -0.05) is 11.6 Å². The van der Waals surface area contributed by atoms with E-state index >= 15 is 0 Å². The molecule has 0 aliphatic carbocycles. The first-order valence-electron chi connectivity index (χ1n) is 11.9. The van der Waals surface area contributed by atoms with Crippen LogP contribution in [0.4, 0.5) is 32.3 Å². The van der Waals surface area contributed by atoms with Crippen molar-refractivity contribution in [1.82, 2.24) is 14.9 Å². The topological polar surface area (TPSA) is 129 Å². The molecule has 2 aliphatic rings. The molecule has 3 N–H and O–H groups in total. The van der Waals surface area contributed by atoms with E-state index in [1.54, 1.807) is 23.1 Å². The SMILES string of the molecule is CC(=O)c1ccc(NC(=O)N2CCC(Nc3nc(Nc4ccc5c(c4)C=NC5=O)ncc3Cl)CC2)c(F)c1. The zero-order valence-corrected chi connectivity index (χ0v) is 21.1. The monoisotopic (exact) mass is 535 g/mol. The number of fused-ring (bicyclic) bond motifs is 1. The number of piperidine rings is 1. The van der Waals surface area contributed by atoms with E-state index in [0.29, 0.717) is 54.0 Å². The Morgan fingerprint density at radius 3 is 2.66 bits per heavy atom. The number of rotatable bonds is 6. The minimum absolute atomic E-state index is 0.00750. The number of carbonyl (C=O) groups is 3. The van der Waals surface area contributed by atoms with Crippen LogP contribution in [0.2, 0.25) is 5.02 Å². The Kier molecular flexibility index (Phi) is 7.01. The fraction of sp³-hybridized carbons (Fsp3) is 0.231. The Morgan fingerprint density at radius 1 is 1.13 bits per heavy atom. The van der Waals surface area contributed by atoms with E-state index in [4.69, 9.17) is 11.6 Å². The highest BCUT2D eigenvalue weighted by Crippen LogP contribution is 2.26. The van der Waals surface area contributed by atoms with E-state index in [-0.39, 0.29) is 29.0 Å². The summed E-state index contributed by atoms with van der Waals surface area (Å²) in [5.74, 6) is -0.393. The molecule has 0 saturated carbocycles. The van der Waals surface area contributed by atoms with Crippen molar-refractivity contribution in [3.63, 3.8) is 0 Å². The number of aromatic nitrogens is 2. The van der Waals surface area contributed by atoms with Gasteiger partial charge in [0.25, 0.3) is 5.91 Å². The molecule has 2 aromatic carbocycles. The van der Waals surface area contributed by atoms with Crippen LogP contribution in [-0.4, -0.2) is 57.9 Å². The minimum atomic E-state index is -0.660. The number of nitrogens with one attached hydrogen (secondary N) is 3. The van der Waals surface area contributed by atoms with Crippen molar-refractivity contribution in [2.45, 2.75) is 25.8 Å². The zero-order valence-electron chi connectivity index (χ0n) is 20.3. The second-order valence-electron chi connectivity index (χ2n) is 8.97. The van der Waals surface area contributed by atoms with Gasteiger partial charge in [0.1, 0.15) is 10.8 Å². The van der Waals surface area contributed by atoms with Gasteiger partial charge in [-0.15, -0.1) is 0 Å². The summed E-state index contributed by atoms with van der Waals surface area (Å²) in [5.41, 5.74) is 2.23. The molecule has 12 heteroatoms. The van der Waals surface area contributed by atoms with E-state index in [2.05, 4.69) is 30.9 Å². The van der Waals surface area contributed by atoms with Crippen LogP contribution in [0.3, 0.4) is 0 Å². The lowest BCUT2D eigenvalue weighted by atomic mass is 10.1. The maximum absolute atomic E-state index is 14.3. The van der Waals surface area contributed by atoms with Crippen molar-refractivity contribution in [3.05, 3.63) is 70.1 Å². The van der Waals surface area contributed by atoms with Crippen molar-refractivity contribution in [2.75, 3.05) is 29.0 Å². The summed E-state index contributed by atoms with van der Waals surface area (Å²) < 4.78 is 14.3. The number of urea groups is 1. The number of likely N-dealkylation sites (tertiary alicyclic amines) is 1. The first kappa shape index (κ1) is 25.3. The largest absolute Gasteiger partial charge is 0.366 e. The molecule has 3 aromatic rings. The summed E-state index contributed by atoms with van der Waals surface area (Å²) >= 11 is 6.32. The van der Waals surface area contributed by atoms with Crippen LogP contribution in [0.1, 0.15) is 46.0 Å². The number of nitrogens with zero attached hydrogens (tertiary/aromatic N) is 4.